The molecular weight excluding hydrogens is 1100 g/mol. The molecule has 0 saturated carbocycles. The molecule has 1 atom stereocenters. The van der Waals surface area contributed by atoms with E-state index in [1.807, 2.05) is 0 Å². The number of hydrogen-bond acceptors (Lipinski definition) is 5. The number of aliphatic hydroxyl groups is 1. The van der Waals surface area contributed by atoms with Crippen LogP contribution in [0.3, 0.4) is 0 Å². The quantitative estimate of drug-likeness (QED) is 0.0373. The maximum absolute atomic E-state index is 12.4. The average Bonchev–Trinajstić information content (AvgIpc) is 3.58. The van der Waals surface area contributed by atoms with Crippen molar-refractivity contribution < 1.29 is 24.2 Å². The summed E-state index contributed by atoms with van der Waals surface area (Å²) >= 11 is 0. The Hall–Kier alpha value is -4.48. The van der Waals surface area contributed by atoms with Crippen LogP contribution in [0.1, 0.15) is 348 Å². The van der Waals surface area contributed by atoms with Crippen LogP contribution in [-0.2, 0) is 19.1 Å². The molecule has 1 N–H and O–H groups in total. The van der Waals surface area contributed by atoms with Crippen LogP contribution in [0.4, 0.5) is 0 Å². The molecule has 0 amide bonds. The molecule has 0 aromatic rings. The van der Waals surface area contributed by atoms with Crippen LogP contribution in [-0.4, -0.2) is 36.4 Å². The molecule has 0 saturated heterocycles. The minimum Gasteiger partial charge on any atom is -0.462 e. The van der Waals surface area contributed by atoms with E-state index in [-0.39, 0.29) is 25.2 Å². The summed E-state index contributed by atoms with van der Waals surface area (Å²) in [7, 11) is 0. The fourth-order valence-electron chi connectivity index (χ4n) is 10.7. The molecule has 0 rings (SSSR count). The van der Waals surface area contributed by atoms with E-state index in [0.29, 0.717) is 12.8 Å². The first-order valence-electron chi connectivity index (χ1n) is 38.0. The average molecular weight is 1240 g/mol. The Morgan fingerprint density at radius 3 is 0.667 bits per heavy atom. The highest BCUT2D eigenvalue weighted by atomic mass is 16.6. The molecule has 0 aliphatic rings. The van der Waals surface area contributed by atoms with Crippen molar-refractivity contribution in [1.82, 2.24) is 0 Å². The van der Waals surface area contributed by atoms with Gasteiger partial charge in [0.05, 0.1) is 6.61 Å². The Morgan fingerprint density at radius 2 is 0.444 bits per heavy atom. The van der Waals surface area contributed by atoms with Crippen molar-refractivity contribution in [2.45, 2.75) is 354 Å². The van der Waals surface area contributed by atoms with E-state index in [0.717, 1.165) is 128 Å². The highest BCUT2D eigenvalue weighted by Crippen LogP contribution is 2.18. The van der Waals surface area contributed by atoms with Gasteiger partial charge in [-0.15, -0.1) is 0 Å². The second-order valence-corrected chi connectivity index (χ2v) is 25.0. The van der Waals surface area contributed by atoms with E-state index < -0.39 is 6.10 Å². The maximum atomic E-state index is 12.4. The van der Waals surface area contributed by atoms with E-state index in [2.05, 4.69) is 172 Å². The van der Waals surface area contributed by atoms with Crippen molar-refractivity contribution in [2.24, 2.45) is 0 Å². The largest absolute Gasteiger partial charge is 0.462 e. The summed E-state index contributed by atoms with van der Waals surface area (Å²) in [5.41, 5.74) is 0. The fourth-order valence-corrected chi connectivity index (χ4v) is 10.7. The number of carbonyl (C=O) groups excluding carboxylic acids is 2. The van der Waals surface area contributed by atoms with Crippen molar-refractivity contribution >= 4 is 11.9 Å². The lowest BCUT2D eigenvalue weighted by Gasteiger charge is -2.15. The van der Waals surface area contributed by atoms with Gasteiger partial charge in [0.25, 0.3) is 0 Å². The van der Waals surface area contributed by atoms with Gasteiger partial charge in [-0.25, -0.2) is 0 Å². The molecule has 0 aromatic carbocycles. The van der Waals surface area contributed by atoms with E-state index in [4.69, 9.17) is 9.47 Å². The van der Waals surface area contributed by atoms with Crippen molar-refractivity contribution in [3.05, 3.63) is 158 Å². The summed E-state index contributed by atoms with van der Waals surface area (Å²) in [6.07, 6.45) is 120. The van der Waals surface area contributed by atoms with Crippen molar-refractivity contribution in [3.63, 3.8) is 0 Å². The zero-order chi connectivity index (χ0) is 64.7. The number of hydrogen-bond donors (Lipinski definition) is 1. The molecular formula is C85H142O5. The Balaban J connectivity index is 3.48. The van der Waals surface area contributed by atoms with Gasteiger partial charge in [-0.3, -0.25) is 9.59 Å². The second kappa shape index (κ2) is 78.8. The van der Waals surface area contributed by atoms with Crippen LogP contribution < -0.4 is 0 Å². The first-order valence-corrected chi connectivity index (χ1v) is 38.0. The van der Waals surface area contributed by atoms with Gasteiger partial charge in [0, 0.05) is 12.8 Å². The zero-order valence-corrected chi connectivity index (χ0v) is 58.9. The fraction of sp³-hybridized carbons (Fsp3) is 0.671. The highest BCUT2D eigenvalue weighted by Gasteiger charge is 2.16. The molecule has 0 aromatic heterocycles. The van der Waals surface area contributed by atoms with Crippen molar-refractivity contribution in [3.8, 4) is 0 Å². The van der Waals surface area contributed by atoms with Gasteiger partial charge < -0.3 is 14.6 Å². The van der Waals surface area contributed by atoms with E-state index in [1.54, 1.807) is 0 Å². The molecule has 0 heterocycles. The summed E-state index contributed by atoms with van der Waals surface area (Å²) in [6.45, 7) is 3.93. The maximum Gasteiger partial charge on any atom is 0.306 e. The molecule has 5 heteroatoms. The van der Waals surface area contributed by atoms with Crippen LogP contribution in [0, 0.1) is 0 Å². The molecule has 1 unspecified atom stereocenters. The molecule has 5 nitrogen and oxygen atoms in total. The molecule has 0 radical (unpaired) electrons. The van der Waals surface area contributed by atoms with Crippen LogP contribution in [0.25, 0.3) is 0 Å². The Kier molecular flexibility index (Phi) is 74.8. The Morgan fingerprint density at radius 1 is 0.256 bits per heavy atom. The van der Waals surface area contributed by atoms with Crippen LogP contribution in [0.2, 0.25) is 0 Å². The van der Waals surface area contributed by atoms with Gasteiger partial charge in [-0.1, -0.05) is 371 Å². The summed E-state index contributed by atoms with van der Waals surface area (Å²) in [6, 6.07) is 0. The predicted octanol–water partition coefficient (Wildman–Crippen LogP) is 27.0. The molecule has 0 spiro atoms. The second-order valence-electron chi connectivity index (χ2n) is 25.0. The van der Waals surface area contributed by atoms with Crippen LogP contribution >= 0.6 is 0 Å². The van der Waals surface area contributed by atoms with Crippen molar-refractivity contribution in [2.75, 3.05) is 13.2 Å². The first kappa shape index (κ1) is 85.5. The standard InChI is InChI=1S/C85H142O5/c1-3-5-7-9-11-13-15-17-19-21-23-25-27-29-31-33-35-37-39-40-41-42-43-44-46-47-49-51-53-55-57-59-61-63-65-67-69-71-73-75-77-79-84(87)89-82-83(81-86)90-85(88)80-78-76-74-72-70-68-66-64-62-60-58-56-54-52-50-48-45-38-36-34-32-30-28-26-24-22-20-18-16-14-12-10-8-6-4-2/h5-8,11-14,17-20,23-26,30,32,36,38,48,50,54,56,60,62,83,86H,3-4,9-10,15-16,21-22,27-29,31,33-35,37,39-47,49,51-53,55,57-59,61,63-82H2,1-2H3/b7-5-,8-6-,13-11-,14-12-,19-17-,20-18-,25-23-,26-24-,32-30-,38-36-,50-48-,56-54-,62-60-. The third-order valence-corrected chi connectivity index (χ3v) is 16.3. The zero-order valence-electron chi connectivity index (χ0n) is 58.9. The van der Waals surface area contributed by atoms with Crippen molar-refractivity contribution in [1.29, 1.82) is 0 Å². The van der Waals surface area contributed by atoms with Gasteiger partial charge in [-0.05, 0) is 122 Å². The molecule has 0 fully saturated rings. The van der Waals surface area contributed by atoms with E-state index in [1.165, 1.54) is 193 Å². The number of ether oxygens (including phenoxy) is 2. The number of carbonyl (C=O) groups is 2. The molecule has 0 aliphatic carbocycles. The summed E-state index contributed by atoms with van der Waals surface area (Å²) in [5, 5.41) is 9.72. The van der Waals surface area contributed by atoms with Gasteiger partial charge in [-0.2, -0.15) is 0 Å². The third-order valence-electron chi connectivity index (χ3n) is 16.3. The molecule has 512 valence electrons. The minimum atomic E-state index is -0.788. The monoisotopic (exact) mass is 1240 g/mol. The van der Waals surface area contributed by atoms with Gasteiger partial charge >= 0.3 is 11.9 Å². The number of esters is 2. The summed E-state index contributed by atoms with van der Waals surface area (Å²) in [4.78, 5) is 24.7. The molecule has 90 heavy (non-hydrogen) atoms. The SMILES string of the molecule is CC/C=C\C/C=C\C/C=C\C/C=C\C/C=C\C/C=C\C/C=C\C/C=C\C/C=C\CCCCCCCCCC(=O)OC(CO)COC(=O)CCCCCCCCCCCCCCCCCCCCCCCCCCCCCC/C=C\C/C=C\C/C=C\C/C=C\CC. The van der Waals surface area contributed by atoms with Crippen LogP contribution in [0.5, 0.6) is 0 Å². The summed E-state index contributed by atoms with van der Waals surface area (Å²) < 4.78 is 10.8. The first-order chi connectivity index (χ1) is 44.6. The lowest BCUT2D eigenvalue weighted by molar-refractivity contribution is -0.161. The molecule has 0 aliphatic heterocycles. The minimum absolute atomic E-state index is 0.0750. The number of rotatable bonds is 69. The summed E-state index contributed by atoms with van der Waals surface area (Å²) in [5.74, 6) is -0.598. The van der Waals surface area contributed by atoms with Crippen LogP contribution in [0.15, 0.2) is 158 Å². The highest BCUT2D eigenvalue weighted by molar-refractivity contribution is 5.70. The smallest absolute Gasteiger partial charge is 0.306 e. The van der Waals surface area contributed by atoms with Gasteiger partial charge in [0.1, 0.15) is 6.61 Å². The lowest BCUT2D eigenvalue weighted by atomic mass is 10.0. The Bertz CT molecular complexity index is 1900. The lowest BCUT2D eigenvalue weighted by Crippen LogP contribution is -2.28. The number of unbranched alkanes of at least 4 members (excludes halogenated alkanes) is 35. The Labute approximate surface area is 558 Å². The van der Waals surface area contributed by atoms with Gasteiger partial charge in [0.2, 0.25) is 0 Å². The topological polar surface area (TPSA) is 72.8 Å². The van der Waals surface area contributed by atoms with E-state index in [9.17, 15) is 14.7 Å². The number of aliphatic hydroxyl groups excluding tert-OH is 1. The molecule has 0 bridgehead atoms. The number of allylic oxidation sites excluding steroid dienone is 26. The predicted molar refractivity (Wildman–Crippen MR) is 398 cm³/mol. The third kappa shape index (κ3) is 76.0. The normalized spacial score (nSPS) is 13.1. The van der Waals surface area contributed by atoms with E-state index >= 15 is 0 Å². The van der Waals surface area contributed by atoms with Gasteiger partial charge in [0.15, 0.2) is 6.10 Å².